The van der Waals surface area contributed by atoms with Gasteiger partial charge in [0, 0.05) is 6.42 Å². The molecule has 1 N–H and O–H groups in total. The van der Waals surface area contributed by atoms with Crippen LogP contribution in [0.2, 0.25) is 0 Å². The van der Waals surface area contributed by atoms with Crippen LogP contribution in [0.1, 0.15) is 50.5 Å². The second kappa shape index (κ2) is 8.17. The van der Waals surface area contributed by atoms with Gasteiger partial charge in [-0.2, -0.15) is 5.26 Å². The molecule has 1 aliphatic rings. The van der Waals surface area contributed by atoms with Crippen LogP contribution in [0.5, 0.6) is 0 Å². The number of nitrogens with zero attached hydrogens (tertiary/aromatic N) is 1. The van der Waals surface area contributed by atoms with Crippen molar-refractivity contribution >= 4 is 0 Å². The molecule has 0 spiro atoms. The fraction of sp³-hybridized carbons (Fsp3) is 0.611. The molecule has 114 valence electrons. The molecule has 0 radical (unpaired) electrons. The van der Waals surface area contributed by atoms with E-state index in [4.69, 9.17) is 4.74 Å². The van der Waals surface area contributed by atoms with E-state index in [0.717, 1.165) is 5.56 Å². The molecule has 0 heterocycles. The maximum atomic E-state index is 9.64. The largest absolute Gasteiger partial charge is 0.378 e. The minimum Gasteiger partial charge on any atom is -0.378 e. The van der Waals surface area contributed by atoms with E-state index in [1.807, 2.05) is 37.4 Å². The Morgan fingerprint density at radius 3 is 2.43 bits per heavy atom. The highest BCUT2D eigenvalue weighted by Crippen LogP contribution is 2.25. The average Bonchev–Trinajstić information content (AvgIpc) is 2.82. The standard InChI is InChI=1S/C18H26N2O/c1-20-18(15-19,16-9-5-4-6-10-16)13-14-21-17-11-7-2-3-8-12-17/h4-6,9-10,17,20H,2-3,7-8,11-14H2,1H3. The molecule has 2 rings (SSSR count). The zero-order valence-electron chi connectivity index (χ0n) is 13.0. The average molecular weight is 286 g/mol. The van der Waals surface area contributed by atoms with Gasteiger partial charge >= 0.3 is 0 Å². The van der Waals surface area contributed by atoms with E-state index in [-0.39, 0.29) is 0 Å². The van der Waals surface area contributed by atoms with E-state index in [0.29, 0.717) is 19.1 Å². The van der Waals surface area contributed by atoms with Gasteiger partial charge < -0.3 is 4.74 Å². The van der Waals surface area contributed by atoms with Gasteiger partial charge in [-0.05, 0) is 25.5 Å². The lowest BCUT2D eigenvalue weighted by atomic mass is 9.88. The second-order valence-electron chi connectivity index (χ2n) is 5.87. The summed E-state index contributed by atoms with van der Waals surface area (Å²) < 4.78 is 6.05. The third kappa shape index (κ3) is 4.30. The Labute approximate surface area is 128 Å². The molecule has 0 bridgehead atoms. The van der Waals surface area contributed by atoms with Gasteiger partial charge in [-0.15, -0.1) is 0 Å². The molecule has 1 aliphatic carbocycles. The van der Waals surface area contributed by atoms with Crippen LogP contribution in [0.15, 0.2) is 30.3 Å². The first-order chi connectivity index (χ1) is 10.3. The van der Waals surface area contributed by atoms with E-state index in [1.165, 1.54) is 38.5 Å². The molecule has 21 heavy (non-hydrogen) atoms. The molecule has 1 unspecified atom stereocenters. The molecule has 1 fully saturated rings. The van der Waals surface area contributed by atoms with Crippen molar-refractivity contribution in [2.24, 2.45) is 0 Å². The second-order valence-corrected chi connectivity index (χ2v) is 5.87. The van der Waals surface area contributed by atoms with E-state index in [2.05, 4.69) is 11.4 Å². The molecule has 0 amide bonds. The molecular weight excluding hydrogens is 260 g/mol. The Hall–Kier alpha value is -1.37. The molecule has 1 aromatic rings. The van der Waals surface area contributed by atoms with Crippen molar-refractivity contribution in [1.82, 2.24) is 5.32 Å². The maximum absolute atomic E-state index is 9.64. The normalized spacial score (nSPS) is 19.4. The van der Waals surface area contributed by atoms with Gasteiger partial charge in [-0.1, -0.05) is 56.0 Å². The van der Waals surface area contributed by atoms with Gasteiger partial charge in [-0.25, -0.2) is 0 Å². The van der Waals surface area contributed by atoms with E-state index in [9.17, 15) is 5.26 Å². The number of ether oxygens (including phenoxy) is 1. The van der Waals surface area contributed by atoms with Crippen LogP contribution >= 0.6 is 0 Å². The Bertz CT molecular complexity index is 446. The minimum atomic E-state index is -0.647. The predicted octanol–water partition coefficient (Wildman–Crippen LogP) is 3.75. The monoisotopic (exact) mass is 286 g/mol. The molecule has 0 aliphatic heterocycles. The summed E-state index contributed by atoms with van der Waals surface area (Å²) in [6.07, 6.45) is 8.63. The number of rotatable bonds is 6. The Balaban J connectivity index is 1.93. The van der Waals surface area contributed by atoms with E-state index < -0.39 is 5.54 Å². The van der Waals surface area contributed by atoms with Gasteiger partial charge in [0.15, 0.2) is 0 Å². The summed E-state index contributed by atoms with van der Waals surface area (Å²) in [5.74, 6) is 0. The first-order valence-electron chi connectivity index (χ1n) is 8.08. The van der Waals surface area contributed by atoms with Crippen molar-refractivity contribution in [2.75, 3.05) is 13.7 Å². The highest BCUT2D eigenvalue weighted by atomic mass is 16.5. The maximum Gasteiger partial charge on any atom is 0.134 e. The number of nitriles is 1. The first kappa shape index (κ1) is 16.0. The van der Waals surface area contributed by atoms with Gasteiger partial charge in [0.25, 0.3) is 0 Å². The lowest BCUT2D eigenvalue weighted by molar-refractivity contribution is 0.0335. The quantitative estimate of drug-likeness (QED) is 0.810. The van der Waals surface area contributed by atoms with Crippen molar-refractivity contribution in [2.45, 2.75) is 56.6 Å². The van der Waals surface area contributed by atoms with E-state index >= 15 is 0 Å². The third-order valence-electron chi connectivity index (χ3n) is 4.52. The molecule has 3 nitrogen and oxygen atoms in total. The van der Waals surface area contributed by atoms with Crippen molar-refractivity contribution < 1.29 is 4.74 Å². The molecule has 1 atom stereocenters. The number of benzene rings is 1. The molecule has 1 saturated carbocycles. The highest BCUT2D eigenvalue weighted by Gasteiger charge is 2.30. The molecule has 0 aromatic heterocycles. The smallest absolute Gasteiger partial charge is 0.134 e. The summed E-state index contributed by atoms with van der Waals surface area (Å²) >= 11 is 0. The summed E-state index contributed by atoms with van der Waals surface area (Å²) in [6, 6.07) is 12.4. The van der Waals surface area contributed by atoms with Crippen LogP contribution in [0.25, 0.3) is 0 Å². The predicted molar refractivity (Wildman–Crippen MR) is 84.9 cm³/mol. The Kier molecular flexibility index (Phi) is 6.22. The summed E-state index contributed by atoms with van der Waals surface area (Å²) in [5, 5.41) is 12.8. The van der Waals surface area contributed by atoms with Crippen molar-refractivity contribution in [1.29, 1.82) is 5.26 Å². The van der Waals surface area contributed by atoms with Crippen LogP contribution < -0.4 is 5.32 Å². The first-order valence-corrected chi connectivity index (χ1v) is 8.08. The number of nitrogens with one attached hydrogen (secondary N) is 1. The molecule has 0 saturated heterocycles. The topological polar surface area (TPSA) is 45.0 Å². The fourth-order valence-electron chi connectivity index (χ4n) is 3.10. The fourth-order valence-corrected chi connectivity index (χ4v) is 3.10. The Morgan fingerprint density at radius 2 is 1.86 bits per heavy atom. The molecule has 3 heteroatoms. The van der Waals surface area contributed by atoms with Crippen molar-refractivity contribution in [3.05, 3.63) is 35.9 Å². The highest BCUT2D eigenvalue weighted by molar-refractivity contribution is 5.31. The van der Waals surface area contributed by atoms with Gasteiger partial charge in [0.1, 0.15) is 5.54 Å². The number of hydrogen-bond donors (Lipinski definition) is 1. The zero-order chi connectivity index (χ0) is 15.0. The Morgan fingerprint density at radius 1 is 1.19 bits per heavy atom. The summed E-state index contributed by atoms with van der Waals surface area (Å²) in [5.41, 5.74) is 0.367. The van der Waals surface area contributed by atoms with Crippen LogP contribution in [-0.4, -0.2) is 19.8 Å². The SMILES string of the molecule is CNC(C#N)(CCOC1CCCCCC1)c1ccccc1. The van der Waals surface area contributed by atoms with Gasteiger partial charge in [0.2, 0.25) is 0 Å². The molecule has 1 aromatic carbocycles. The zero-order valence-corrected chi connectivity index (χ0v) is 13.0. The lowest BCUT2D eigenvalue weighted by Gasteiger charge is -2.27. The van der Waals surface area contributed by atoms with Gasteiger partial charge in [-0.3, -0.25) is 5.32 Å². The summed E-state index contributed by atoms with van der Waals surface area (Å²) in [4.78, 5) is 0. The van der Waals surface area contributed by atoms with Crippen molar-refractivity contribution in [3.8, 4) is 6.07 Å². The lowest BCUT2D eigenvalue weighted by Crippen LogP contribution is -2.40. The van der Waals surface area contributed by atoms with Crippen LogP contribution in [-0.2, 0) is 10.3 Å². The summed E-state index contributed by atoms with van der Waals surface area (Å²) in [6.45, 7) is 0.633. The van der Waals surface area contributed by atoms with Crippen molar-refractivity contribution in [3.63, 3.8) is 0 Å². The van der Waals surface area contributed by atoms with Crippen LogP contribution in [0.4, 0.5) is 0 Å². The summed E-state index contributed by atoms with van der Waals surface area (Å²) in [7, 11) is 1.85. The van der Waals surface area contributed by atoms with E-state index in [1.54, 1.807) is 0 Å². The van der Waals surface area contributed by atoms with Crippen LogP contribution in [0.3, 0.4) is 0 Å². The minimum absolute atomic E-state index is 0.386. The number of hydrogen-bond acceptors (Lipinski definition) is 3. The molecular formula is C18H26N2O. The van der Waals surface area contributed by atoms with Crippen LogP contribution in [0, 0.1) is 11.3 Å². The third-order valence-corrected chi connectivity index (χ3v) is 4.52. The van der Waals surface area contributed by atoms with Gasteiger partial charge in [0.05, 0.1) is 18.8 Å².